The largest absolute Gasteiger partial charge is 0.377 e. The first kappa shape index (κ1) is 20.7. The Bertz CT molecular complexity index is 868. The van der Waals surface area contributed by atoms with Gasteiger partial charge in [-0.1, -0.05) is 6.07 Å². The molecule has 2 heterocycles. The monoisotopic (exact) mass is 403 g/mol. The molecule has 2 aromatic rings. The number of hydrogen-bond acceptors (Lipinski definition) is 5. The number of guanidine groups is 1. The molecule has 0 spiro atoms. The number of carbonyl (C=O) groups excluding carboxylic acids is 1. The molecule has 29 heavy (non-hydrogen) atoms. The zero-order valence-corrected chi connectivity index (χ0v) is 16.6. The van der Waals surface area contributed by atoms with Crippen LogP contribution in [-0.2, 0) is 29.1 Å². The molecular weight excluding hydrogens is 377 g/mol. The number of aliphatic imine (C=N–C) groups is 1. The predicted molar refractivity (Wildman–Crippen MR) is 107 cm³/mol. The summed E-state index contributed by atoms with van der Waals surface area (Å²) in [6.45, 7) is 3.59. The molecule has 1 aliphatic rings. The summed E-state index contributed by atoms with van der Waals surface area (Å²) in [7, 11) is 1.62. The summed E-state index contributed by atoms with van der Waals surface area (Å²) in [4.78, 5) is 20.9. The lowest BCUT2D eigenvalue weighted by molar-refractivity contribution is -0.114. The normalized spacial score (nSPS) is 16.2. The maximum atomic E-state index is 13.2. The van der Waals surface area contributed by atoms with Crippen LogP contribution in [0.5, 0.6) is 0 Å². The van der Waals surface area contributed by atoms with Crippen LogP contribution in [0.2, 0.25) is 0 Å². The number of aromatic nitrogens is 3. The summed E-state index contributed by atoms with van der Waals surface area (Å²) in [5.41, 5.74) is 0.404. The molecule has 1 aromatic carbocycles. The molecule has 156 valence electrons. The van der Waals surface area contributed by atoms with Crippen LogP contribution in [0.25, 0.3) is 0 Å². The number of methoxy groups -OCH3 is 1. The second kappa shape index (κ2) is 9.97. The van der Waals surface area contributed by atoms with Gasteiger partial charge in [-0.05, 0) is 31.5 Å². The van der Waals surface area contributed by atoms with Crippen molar-refractivity contribution in [3.63, 3.8) is 0 Å². The van der Waals surface area contributed by atoms with E-state index in [9.17, 15) is 9.18 Å². The van der Waals surface area contributed by atoms with E-state index in [2.05, 4.69) is 31.0 Å². The first-order valence-corrected chi connectivity index (χ1v) is 9.59. The Kier molecular flexibility index (Phi) is 7.12. The molecule has 0 bridgehead atoms. The maximum absolute atomic E-state index is 13.2. The Morgan fingerprint density at radius 2 is 2.31 bits per heavy atom. The van der Waals surface area contributed by atoms with E-state index in [1.807, 2.05) is 11.6 Å². The molecule has 1 aromatic heterocycles. The van der Waals surface area contributed by atoms with Crippen molar-refractivity contribution in [3.8, 4) is 0 Å². The summed E-state index contributed by atoms with van der Waals surface area (Å²) >= 11 is 0. The zero-order valence-electron chi connectivity index (χ0n) is 16.6. The Labute approximate surface area is 168 Å². The molecule has 0 radical (unpaired) electrons. The molecule has 0 aliphatic carbocycles. The molecule has 3 rings (SSSR count). The van der Waals surface area contributed by atoms with Gasteiger partial charge < -0.3 is 20.7 Å². The van der Waals surface area contributed by atoms with Crippen molar-refractivity contribution in [2.75, 3.05) is 25.5 Å². The highest BCUT2D eigenvalue weighted by Gasteiger charge is 2.22. The van der Waals surface area contributed by atoms with Crippen molar-refractivity contribution in [2.45, 2.75) is 39.0 Å². The van der Waals surface area contributed by atoms with Crippen LogP contribution in [0.15, 0.2) is 29.3 Å². The Morgan fingerprint density at radius 3 is 3.07 bits per heavy atom. The molecule has 3 N–H and O–H groups in total. The third-order valence-electron chi connectivity index (χ3n) is 4.35. The summed E-state index contributed by atoms with van der Waals surface area (Å²) < 4.78 is 20.2. The number of halogens is 1. The van der Waals surface area contributed by atoms with Gasteiger partial charge in [-0.25, -0.2) is 19.0 Å². The minimum absolute atomic E-state index is 0.0782. The fourth-order valence-electron chi connectivity index (χ4n) is 3.10. The highest BCUT2D eigenvalue weighted by atomic mass is 19.1. The van der Waals surface area contributed by atoms with E-state index in [-0.39, 0.29) is 18.5 Å². The highest BCUT2D eigenvalue weighted by molar-refractivity contribution is 5.94. The highest BCUT2D eigenvalue weighted by Crippen LogP contribution is 2.13. The molecule has 1 aliphatic heterocycles. The van der Waals surface area contributed by atoms with Crippen molar-refractivity contribution < 1.29 is 13.9 Å². The summed E-state index contributed by atoms with van der Waals surface area (Å²) in [6, 6.07) is 5.87. The predicted octanol–water partition coefficient (Wildman–Crippen LogP) is 1.07. The van der Waals surface area contributed by atoms with Gasteiger partial charge in [0.1, 0.15) is 24.8 Å². The molecule has 0 fully saturated rings. The van der Waals surface area contributed by atoms with Crippen molar-refractivity contribution in [1.29, 1.82) is 0 Å². The van der Waals surface area contributed by atoms with Gasteiger partial charge in [0.15, 0.2) is 11.8 Å². The number of nitrogens with one attached hydrogen (secondary N) is 3. The van der Waals surface area contributed by atoms with E-state index in [0.29, 0.717) is 37.2 Å². The number of anilines is 1. The second-order valence-electron chi connectivity index (χ2n) is 6.69. The number of aryl methyl sites for hydroxylation is 1. The number of hydrogen-bond donors (Lipinski definition) is 3. The Balaban J connectivity index is 1.57. The number of rotatable bonds is 7. The Morgan fingerprint density at radius 1 is 1.45 bits per heavy atom. The quantitative estimate of drug-likeness (QED) is 0.472. The van der Waals surface area contributed by atoms with Crippen LogP contribution in [0.3, 0.4) is 0 Å². The van der Waals surface area contributed by atoms with Crippen molar-refractivity contribution >= 4 is 17.6 Å². The fourth-order valence-corrected chi connectivity index (χ4v) is 3.10. The lowest BCUT2D eigenvalue weighted by Crippen LogP contribution is -2.47. The molecule has 1 atom stereocenters. The van der Waals surface area contributed by atoms with Gasteiger partial charge in [-0.2, -0.15) is 5.10 Å². The van der Waals surface area contributed by atoms with Gasteiger partial charge in [0.25, 0.3) is 0 Å². The van der Waals surface area contributed by atoms with Crippen LogP contribution >= 0.6 is 0 Å². The second-order valence-corrected chi connectivity index (χ2v) is 6.69. The molecule has 1 amide bonds. The van der Waals surface area contributed by atoms with Crippen LogP contribution in [0.4, 0.5) is 10.1 Å². The average molecular weight is 403 g/mol. The lowest BCUT2D eigenvalue weighted by Gasteiger charge is -2.25. The molecule has 0 saturated carbocycles. The summed E-state index contributed by atoms with van der Waals surface area (Å²) in [5.74, 6) is 1.45. The van der Waals surface area contributed by atoms with E-state index in [1.54, 1.807) is 19.2 Å². The standard InChI is InChI=1S/C19H26FN7O2/c1-3-21-19(22-10-18(28)23-14-6-4-5-13(20)9-14)24-15-7-8-17-25-16(12-29-2)26-27(17)11-15/h4-6,9,15H,3,7-8,10-12H2,1-2H3,(H,23,28)(H2,21,22,24). The van der Waals surface area contributed by atoms with E-state index in [0.717, 1.165) is 18.7 Å². The number of carbonyl (C=O) groups is 1. The molecule has 0 saturated heterocycles. The van der Waals surface area contributed by atoms with Gasteiger partial charge in [0, 0.05) is 31.8 Å². The average Bonchev–Trinajstić information content (AvgIpc) is 3.08. The van der Waals surface area contributed by atoms with Gasteiger partial charge in [0.05, 0.1) is 6.54 Å². The lowest BCUT2D eigenvalue weighted by atomic mass is 10.1. The van der Waals surface area contributed by atoms with Crippen LogP contribution in [0.1, 0.15) is 25.0 Å². The first-order chi connectivity index (χ1) is 14.1. The van der Waals surface area contributed by atoms with Gasteiger partial charge in [0.2, 0.25) is 5.91 Å². The third kappa shape index (κ3) is 5.98. The van der Waals surface area contributed by atoms with E-state index in [4.69, 9.17) is 4.74 Å². The van der Waals surface area contributed by atoms with Crippen LogP contribution in [-0.4, -0.2) is 52.9 Å². The molecular formula is C19H26FN7O2. The molecule has 1 unspecified atom stereocenters. The smallest absolute Gasteiger partial charge is 0.246 e. The van der Waals surface area contributed by atoms with Crippen molar-refractivity contribution in [1.82, 2.24) is 25.4 Å². The summed E-state index contributed by atoms with van der Waals surface area (Å²) in [5, 5.41) is 13.6. The van der Waals surface area contributed by atoms with E-state index >= 15 is 0 Å². The minimum atomic E-state index is -0.403. The Hall–Kier alpha value is -3.01. The molecule has 10 heteroatoms. The minimum Gasteiger partial charge on any atom is -0.377 e. The van der Waals surface area contributed by atoms with E-state index in [1.165, 1.54) is 12.1 Å². The number of ether oxygens (including phenoxy) is 1. The van der Waals surface area contributed by atoms with Gasteiger partial charge in [-0.3, -0.25) is 4.79 Å². The van der Waals surface area contributed by atoms with Gasteiger partial charge >= 0.3 is 0 Å². The molecule has 9 nitrogen and oxygen atoms in total. The third-order valence-corrected chi connectivity index (χ3v) is 4.35. The van der Waals surface area contributed by atoms with Crippen molar-refractivity contribution in [2.24, 2.45) is 4.99 Å². The summed E-state index contributed by atoms with van der Waals surface area (Å²) in [6.07, 6.45) is 1.68. The number of nitrogens with zero attached hydrogens (tertiary/aromatic N) is 4. The van der Waals surface area contributed by atoms with E-state index < -0.39 is 5.82 Å². The SMILES string of the molecule is CCNC(=NCC(=O)Nc1cccc(F)c1)NC1CCc2nc(COC)nn2C1. The topological polar surface area (TPSA) is 105 Å². The number of benzene rings is 1. The first-order valence-electron chi connectivity index (χ1n) is 9.59. The van der Waals surface area contributed by atoms with Crippen LogP contribution < -0.4 is 16.0 Å². The van der Waals surface area contributed by atoms with Crippen molar-refractivity contribution in [3.05, 3.63) is 41.7 Å². The zero-order chi connectivity index (χ0) is 20.6. The fraction of sp³-hybridized carbons (Fsp3) is 0.474. The number of fused-ring (bicyclic) bond motifs is 1. The van der Waals surface area contributed by atoms with Crippen LogP contribution in [0, 0.1) is 5.82 Å². The number of amides is 1. The van der Waals surface area contributed by atoms with Gasteiger partial charge in [-0.15, -0.1) is 0 Å². The maximum Gasteiger partial charge on any atom is 0.246 e.